The van der Waals surface area contributed by atoms with Gasteiger partial charge in [-0.05, 0) is 24.1 Å². The number of urea groups is 1. The Kier molecular flexibility index (Phi) is 6.48. The van der Waals surface area contributed by atoms with Crippen molar-refractivity contribution in [2.75, 3.05) is 0 Å². The average Bonchev–Trinajstić information content (AvgIpc) is 2.42. The quantitative estimate of drug-likeness (QED) is 0.596. The molecule has 7 nitrogen and oxygen atoms in total. The molecule has 0 aromatic heterocycles. The molecule has 0 spiro atoms. The summed E-state index contributed by atoms with van der Waals surface area (Å²) in [6.07, 6.45) is -0.173. The molecule has 0 aliphatic rings. The molecule has 0 radical (unpaired) electrons. The number of benzene rings is 1. The van der Waals surface area contributed by atoms with Crippen molar-refractivity contribution in [3.8, 4) is 0 Å². The van der Waals surface area contributed by atoms with Crippen molar-refractivity contribution in [2.45, 2.75) is 25.4 Å². The Bertz CT molecular complexity index is 519. The van der Waals surface area contributed by atoms with Crippen molar-refractivity contribution in [1.82, 2.24) is 10.6 Å². The number of amides is 3. The number of halogens is 1. The van der Waals surface area contributed by atoms with Crippen molar-refractivity contribution < 1.29 is 19.5 Å². The van der Waals surface area contributed by atoms with Gasteiger partial charge in [-0.2, -0.15) is 0 Å². The summed E-state index contributed by atoms with van der Waals surface area (Å²) in [4.78, 5) is 33.2. The van der Waals surface area contributed by atoms with E-state index < -0.39 is 23.9 Å². The van der Waals surface area contributed by atoms with Crippen LogP contribution in [0.5, 0.6) is 0 Å². The zero-order chi connectivity index (χ0) is 15.8. The molecule has 8 heteroatoms. The number of hydrogen-bond donors (Lipinski definition) is 4. The van der Waals surface area contributed by atoms with Crippen LogP contribution in [0.15, 0.2) is 24.3 Å². The fourth-order valence-electron chi connectivity index (χ4n) is 1.54. The number of carbonyl (C=O) groups excluding carboxylic acids is 2. The van der Waals surface area contributed by atoms with Crippen LogP contribution < -0.4 is 16.4 Å². The number of nitrogens with two attached hydrogens (primary N) is 1. The van der Waals surface area contributed by atoms with Gasteiger partial charge < -0.3 is 21.5 Å². The predicted octanol–water partition coefficient (Wildman–Crippen LogP) is 0.858. The number of rotatable bonds is 7. The molecule has 114 valence electrons. The summed E-state index contributed by atoms with van der Waals surface area (Å²) in [6.45, 7) is 0.227. The number of carbonyl (C=O) groups is 3. The first-order valence-electron chi connectivity index (χ1n) is 6.18. The summed E-state index contributed by atoms with van der Waals surface area (Å²) in [5.41, 5.74) is 5.77. The Balaban J connectivity index is 2.44. The highest BCUT2D eigenvalue weighted by molar-refractivity contribution is 6.30. The number of hydrogen-bond acceptors (Lipinski definition) is 3. The topological polar surface area (TPSA) is 122 Å². The number of primary amides is 1. The molecule has 0 aliphatic heterocycles. The fourth-order valence-corrected chi connectivity index (χ4v) is 1.66. The van der Waals surface area contributed by atoms with E-state index >= 15 is 0 Å². The standard InChI is InChI=1S/C13H16ClN3O4/c14-9-3-1-8(2-4-9)7-16-13(21)17-10(12(19)20)5-6-11(15)18/h1-4,10H,5-7H2,(H2,15,18)(H,19,20)(H2,16,17,21). The summed E-state index contributed by atoms with van der Waals surface area (Å²) >= 11 is 5.74. The molecule has 0 fully saturated rings. The smallest absolute Gasteiger partial charge is 0.326 e. The summed E-state index contributed by atoms with van der Waals surface area (Å²) in [5.74, 6) is -1.84. The van der Waals surface area contributed by atoms with E-state index in [2.05, 4.69) is 10.6 Å². The van der Waals surface area contributed by atoms with Crippen molar-refractivity contribution in [1.29, 1.82) is 0 Å². The van der Waals surface area contributed by atoms with Crippen LogP contribution in [0.3, 0.4) is 0 Å². The van der Waals surface area contributed by atoms with Gasteiger partial charge in [-0.1, -0.05) is 23.7 Å². The molecule has 0 aliphatic carbocycles. The zero-order valence-corrected chi connectivity index (χ0v) is 11.9. The van der Waals surface area contributed by atoms with Crippen LogP contribution in [0.25, 0.3) is 0 Å². The lowest BCUT2D eigenvalue weighted by atomic mass is 10.1. The van der Waals surface area contributed by atoms with Gasteiger partial charge in [0.05, 0.1) is 0 Å². The monoisotopic (exact) mass is 313 g/mol. The maximum atomic E-state index is 11.6. The second-order valence-electron chi connectivity index (χ2n) is 4.35. The summed E-state index contributed by atoms with van der Waals surface area (Å²) < 4.78 is 0. The minimum Gasteiger partial charge on any atom is -0.480 e. The Morgan fingerprint density at radius 2 is 1.86 bits per heavy atom. The van der Waals surface area contributed by atoms with Crippen LogP contribution in [0, 0.1) is 0 Å². The van der Waals surface area contributed by atoms with Crippen molar-refractivity contribution in [3.63, 3.8) is 0 Å². The van der Waals surface area contributed by atoms with Gasteiger partial charge in [-0.15, -0.1) is 0 Å². The van der Waals surface area contributed by atoms with E-state index in [0.29, 0.717) is 5.02 Å². The third-order valence-corrected chi connectivity index (χ3v) is 2.90. The van der Waals surface area contributed by atoms with Gasteiger partial charge in [0.15, 0.2) is 0 Å². The maximum Gasteiger partial charge on any atom is 0.326 e. The highest BCUT2D eigenvalue weighted by Gasteiger charge is 2.20. The highest BCUT2D eigenvalue weighted by atomic mass is 35.5. The molecule has 0 saturated carbocycles. The Labute approximate surface area is 126 Å². The molecule has 1 aromatic rings. The van der Waals surface area contributed by atoms with Gasteiger partial charge in [0.25, 0.3) is 0 Å². The lowest BCUT2D eigenvalue weighted by molar-refractivity contribution is -0.139. The first-order chi connectivity index (χ1) is 9.88. The first-order valence-corrected chi connectivity index (χ1v) is 6.56. The van der Waals surface area contributed by atoms with Crippen LogP contribution in [-0.4, -0.2) is 29.1 Å². The molecule has 5 N–H and O–H groups in total. The van der Waals surface area contributed by atoms with E-state index in [1.54, 1.807) is 24.3 Å². The lowest BCUT2D eigenvalue weighted by Gasteiger charge is -2.14. The summed E-state index contributed by atoms with van der Waals surface area (Å²) in [5, 5.41) is 14.3. The van der Waals surface area contributed by atoms with Gasteiger partial charge in [0.2, 0.25) is 5.91 Å². The predicted molar refractivity (Wildman–Crippen MR) is 76.7 cm³/mol. The largest absolute Gasteiger partial charge is 0.480 e. The van der Waals surface area contributed by atoms with E-state index in [9.17, 15) is 14.4 Å². The van der Waals surface area contributed by atoms with E-state index in [1.165, 1.54) is 0 Å². The fraction of sp³-hybridized carbons (Fsp3) is 0.308. The molecule has 1 aromatic carbocycles. The SMILES string of the molecule is NC(=O)CCC(NC(=O)NCc1ccc(Cl)cc1)C(=O)O. The van der Waals surface area contributed by atoms with E-state index in [1.807, 2.05) is 0 Å². The van der Waals surface area contributed by atoms with Gasteiger partial charge in [-0.25, -0.2) is 9.59 Å². The first kappa shape index (κ1) is 16.8. The zero-order valence-electron chi connectivity index (χ0n) is 11.1. The van der Waals surface area contributed by atoms with Crippen LogP contribution in [0.1, 0.15) is 18.4 Å². The summed E-state index contributed by atoms with van der Waals surface area (Å²) in [6, 6.07) is 5.05. The number of nitrogens with one attached hydrogen (secondary N) is 2. The molecule has 3 amide bonds. The number of carboxylic acid groups (broad SMARTS) is 1. The molecule has 1 unspecified atom stereocenters. The second kappa shape index (κ2) is 8.11. The number of aliphatic carboxylic acids is 1. The van der Waals surface area contributed by atoms with Gasteiger partial charge in [-0.3, -0.25) is 4.79 Å². The van der Waals surface area contributed by atoms with Crippen LogP contribution in [0.2, 0.25) is 5.02 Å². The third kappa shape index (κ3) is 6.62. The van der Waals surface area contributed by atoms with E-state index in [-0.39, 0.29) is 19.4 Å². The lowest BCUT2D eigenvalue weighted by Crippen LogP contribution is -2.46. The van der Waals surface area contributed by atoms with Gasteiger partial charge in [0.1, 0.15) is 6.04 Å². The van der Waals surface area contributed by atoms with Gasteiger partial charge in [0, 0.05) is 18.0 Å². The van der Waals surface area contributed by atoms with Crippen molar-refractivity contribution in [2.24, 2.45) is 5.73 Å². The van der Waals surface area contributed by atoms with Crippen LogP contribution in [-0.2, 0) is 16.1 Å². The molecular weight excluding hydrogens is 298 g/mol. The normalized spacial score (nSPS) is 11.5. The van der Waals surface area contributed by atoms with Crippen molar-refractivity contribution >= 4 is 29.5 Å². The van der Waals surface area contributed by atoms with Crippen molar-refractivity contribution in [3.05, 3.63) is 34.9 Å². The summed E-state index contributed by atoms with van der Waals surface area (Å²) in [7, 11) is 0. The van der Waals surface area contributed by atoms with E-state index in [0.717, 1.165) is 5.56 Å². The Hall–Kier alpha value is -2.28. The number of carboxylic acids is 1. The molecule has 0 heterocycles. The molecular formula is C13H16ClN3O4. The Morgan fingerprint density at radius 3 is 2.38 bits per heavy atom. The molecule has 0 bridgehead atoms. The highest BCUT2D eigenvalue weighted by Crippen LogP contribution is 2.09. The van der Waals surface area contributed by atoms with Crippen LogP contribution >= 0.6 is 11.6 Å². The van der Waals surface area contributed by atoms with Crippen LogP contribution in [0.4, 0.5) is 4.79 Å². The molecule has 1 rings (SSSR count). The minimum absolute atomic E-state index is 0.0565. The third-order valence-electron chi connectivity index (χ3n) is 2.65. The average molecular weight is 314 g/mol. The minimum atomic E-state index is -1.22. The second-order valence-corrected chi connectivity index (χ2v) is 4.79. The van der Waals surface area contributed by atoms with E-state index in [4.69, 9.17) is 22.4 Å². The maximum absolute atomic E-state index is 11.6. The molecule has 21 heavy (non-hydrogen) atoms. The Morgan fingerprint density at radius 1 is 1.24 bits per heavy atom. The molecule has 0 saturated heterocycles. The van der Waals surface area contributed by atoms with Gasteiger partial charge >= 0.3 is 12.0 Å². The molecule has 1 atom stereocenters.